The lowest BCUT2D eigenvalue weighted by Crippen LogP contribution is -2.42. The fraction of sp³-hybridized carbons (Fsp3) is 0.556. The average molecular weight is 291 g/mol. The number of hydrogen-bond acceptors (Lipinski definition) is 6. The molecule has 1 aromatic rings. The van der Waals surface area contributed by atoms with Gasteiger partial charge in [-0.15, -0.1) is 0 Å². The van der Waals surface area contributed by atoms with Gasteiger partial charge in [0.05, 0.1) is 5.56 Å². The van der Waals surface area contributed by atoms with E-state index in [9.17, 15) is 13.2 Å². The third-order valence-electron chi connectivity index (χ3n) is 2.73. The average Bonchev–Trinajstić information content (AvgIpc) is 2.71. The monoisotopic (exact) mass is 291 g/mol. The van der Waals surface area contributed by atoms with E-state index in [4.69, 9.17) is 9.63 Å². The normalized spacial score (nSPS) is 16.4. The minimum Gasteiger partial charge on any atom is -0.449 e. The SMILES string of the molecule is CN(C)S(=O)(=O)N1CCc2onc(OC(=O)O)c2C1. The molecule has 1 aliphatic rings. The van der Waals surface area contributed by atoms with Crippen molar-refractivity contribution in [2.75, 3.05) is 20.6 Å². The molecule has 0 amide bonds. The molecular weight excluding hydrogens is 278 g/mol. The molecule has 0 atom stereocenters. The molecule has 1 aliphatic heterocycles. The van der Waals surface area contributed by atoms with Crippen LogP contribution in [0.1, 0.15) is 11.3 Å². The second-order valence-corrected chi connectivity index (χ2v) is 6.27. The number of hydrogen-bond donors (Lipinski definition) is 1. The Morgan fingerprint density at radius 2 is 2.21 bits per heavy atom. The zero-order valence-electron chi connectivity index (χ0n) is 10.4. The standard InChI is InChI=1S/C9H13N3O6S/c1-11(2)19(15,16)12-4-3-7-6(5-12)8(10-18-7)17-9(13)14/h3-5H2,1-2H3,(H,13,14). The van der Waals surface area contributed by atoms with E-state index < -0.39 is 16.4 Å². The first-order valence-corrected chi connectivity index (χ1v) is 6.78. The number of carbonyl (C=O) groups is 1. The summed E-state index contributed by atoms with van der Waals surface area (Å²) in [6.07, 6.45) is -1.21. The lowest BCUT2D eigenvalue weighted by Gasteiger charge is -2.27. The molecular formula is C9H13N3O6S. The Kier molecular flexibility index (Phi) is 3.47. The summed E-state index contributed by atoms with van der Waals surface area (Å²) in [5, 5.41) is 12.0. The minimum atomic E-state index is -3.57. The quantitative estimate of drug-likeness (QED) is 0.773. The number of fused-ring (bicyclic) bond motifs is 1. The second-order valence-electron chi connectivity index (χ2n) is 4.13. The number of aromatic nitrogens is 1. The van der Waals surface area contributed by atoms with E-state index in [2.05, 4.69) is 9.89 Å². The highest BCUT2D eigenvalue weighted by molar-refractivity contribution is 7.86. The van der Waals surface area contributed by atoms with Crippen LogP contribution in [0, 0.1) is 0 Å². The van der Waals surface area contributed by atoms with Gasteiger partial charge in [-0.3, -0.25) is 0 Å². The molecule has 1 N–H and O–H groups in total. The van der Waals surface area contributed by atoms with Gasteiger partial charge in [0, 0.05) is 33.6 Å². The van der Waals surface area contributed by atoms with Crippen LogP contribution in [0.3, 0.4) is 0 Å². The Balaban J connectivity index is 2.28. The Bertz CT molecular complexity index is 593. The molecule has 19 heavy (non-hydrogen) atoms. The summed E-state index contributed by atoms with van der Waals surface area (Å²) in [6.45, 7) is 0.219. The first-order valence-electron chi connectivity index (χ1n) is 5.38. The zero-order valence-corrected chi connectivity index (χ0v) is 11.2. The molecule has 0 aliphatic carbocycles. The van der Waals surface area contributed by atoms with Crippen molar-refractivity contribution < 1.29 is 27.6 Å². The van der Waals surface area contributed by atoms with E-state index >= 15 is 0 Å². The van der Waals surface area contributed by atoms with Crippen molar-refractivity contribution >= 4 is 16.4 Å². The smallest absolute Gasteiger partial charge is 0.449 e. The lowest BCUT2D eigenvalue weighted by atomic mass is 10.1. The van der Waals surface area contributed by atoms with Crippen LogP contribution >= 0.6 is 0 Å². The lowest BCUT2D eigenvalue weighted by molar-refractivity contribution is 0.140. The Labute approximate surface area is 109 Å². The van der Waals surface area contributed by atoms with Gasteiger partial charge in [-0.1, -0.05) is 0 Å². The highest BCUT2D eigenvalue weighted by atomic mass is 32.2. The highest BCUT2D eigenvalue weighted by Gasteiger charge is 2.33. The molecule has 10 heteroatoms. The largest absolute Gasteiger partial charge is 0.512 e. The maximum Gasteiger partial charge on any atom is 0.512 e. The number of nitrogens with zero attached hydrogens (tertiary/aromatic N) is 3. The van der Waals surface area contributed by atoms with Crippen molar-refractivity contribution in [3.05, 3.63) is 11.3 Å². The highest BCUT2D eigenvalue weighted by Crippen LogP contribution is 2.29. The van der Waals surface area contributed by atoms with Gasteiger partial charge in [-0.05, 0) is 5.16 Å². The van der Waals surface area contributed by atoms with E-state index in [1.165, 1.54) is 18.4 Å². The summed E-state index contributed by atoms with van der Waals surface area (Å²) in [5.74, 6) is 0.239. The Hall–Kier alpha value is -1.65. The van der Waals surface area contributed by atoms with Gasteiger partial charge in [-0.2, -0.15) is 17.0 Å². The third kappa shape index (κ3) is 2.55. The molecule has 1 aromatic heterocycles. The summed E-state index contributed by atoms with van der Waals surface area (Å²) in [6, 6.07) is 0. The van der Waals surface area contributed by atoms with E-state index in [-0.39, 0.29) is 19.0 Å². The molecule has 0 bridgehead atoms. The van der Waals surface area contributed by atoms with Crippen LogP contribution < -0.4 is 4.74 Å². The van der Waals surface area contributed by atoms with Gasteiger partial charge in [0.15, 0.2) is 0 Å². The van der Waals surface area contributed by atoms with Crippen molar-refractivity contribution in [2.24, 2.45) is 0 Å². The van der Waals surface area contributed by atoms with E-state index in [1.807, 2.05) is 0 Å². The van der Waals surface area contributed by atoms with Gasteiger partial charge >= 0.3 is 6.16 Å². The van der Waals surface area contributed by atoms with Crippen LogP contribution in [0.25, 0.3) is 0 Å². The van der Waals surface area contributed by atoms with Crippen molar-refractivity contribution in [3.8, 4) is 5.88 Å². The van der Waals surface area contributed by atoms with Gasteiger partial charge in [-0.25, -0.2) is 4.79 Å². The van der Waals surface area contributed by atoms with Crippen molar-refractivity contribution in [3.63, 3.8) is 0 Å². The van der Waals surface area contributed by atoms with Crippen LogP contribution in [0.15, 0.2) is 4.52 Å². The molecule has 106 valence electrons. The first-order chi connectivity index (χ1) is 8.82. The predicted octanol–water partition coefficient (Wildman–Crippen LogP) is -0.104. The van der Waals surface area contributed by atoms with Gasteiger partial charge < -0.3 is 14.4 Å². The van der Waals surface area contributed by atoms with Crippen molar-refractivity contribution in [1.82, 2.24) is 13.8 Å². The summed E-state index contributed by atoms with van der Waals surface area (Å²) in [4.78, 5) is 10.5. The second kappa shape index (κ2) is 4.79. The number of rotatable bonds is 3. The van der Waals surface area contributed by atoms with Crippen molar-refractivity contribution in [2.45, 2.75) is 13.0 Å². The van der Waals surface area contributed by atoms with Crippen LogP contribution in [0.4, 0.5) is 4.79 Å². The molecule has 9 nitrogen and oxygen atoms in total. The van der Waals surface area contributed by atoms with Gasteiger partial charge in [0.25, 0.3) is 16.1 Å². The molecule has 0 aromatic carbocycles. The van der Waals surface area contributed by atoms with E-state index in [0.29, 0.717) is 17.7 Å². The van der Waals surface area contributed by atoms with Gasteiger partial charge in [0.1, 0.15) is 5.76 Å². The van der Waals surface area contributed by atoms with Crippen LogP contribution in [-0.2, 0) is 23.2 Å². The first kappa shape index (κ1) is 13.8. The summed E-state index contributed by atoms with van der Waals surface area (Å²) in [5.41, 5.74) is 0.346. The summed E-state index contributed by atoms with van der Waals surface area (Å²) < 4.78 is 35.7. The van der Waals surface area contributed by atoms with Crippen LogP contribution in [0.5, 0.6) is 5.88 Å². The Morgan fingerprint density at radius 3 is 2.79 bits per heavy atom. The molecule has 0 radical (unpaired) electrons. The molecule has 2 heterocycles. The maximum absolute atomic E-state index is 12.0. The van der Waals surface area contributed by atoms with Crippen LogP contribution in [-0.4, -0.2) is 54.1 Å². The Morgan fingerprint density at radius 1 is 1.53 bits per heavy atom. The van der Waals surface area contributed by atoms with E-state index in [1.54, 1.807) is 0 Å². The topological polar surface area (TPSA) is 113 Å². The van der Waals surface area contributed by atoms with E-state index in [0.717, 1.165) is 4.31 Å². The summed E-state index contributed by atoms with van der Waals surface area (Å²) in [7, 11) is -0.724. The number of carboxylic acid groups (broad SMARTS) is 1. The third-order valence-corrected chi connectivity index (χ3v) is 4.62. The van der Waals surface area contributed by atoms with Crippen molar-refractivity contribution in [1.29, 1.82) is 0 Å². The molecule has 0 fully saturated rings. The number of ether oxygens (including phenoxy) is 1. The minimum absolute atomic E-state index is 0.0258. The zero-order chi connectivity index (χ0) is 14.2. The summed E-state index contributed by atoms with van der Waals surface area (Å²) >= 11 is 0. The molecule has 0 saturated heterocycles. The molecule has 0 unspecified atom stereocenters. The predicted molar refractivity (Wildman–Crippen MR) is 61.9 cm³/mol. The molecule has 0 spiro atoms. The maximum atomic E-state index is 12.0. The van der Waals surface area contributed by atoms with Gasteiger partial charge in [0.2, 0.25) is 0 Å². The molecule has 0 saturated carbocycles. The molecule has 2 rings (SSSR count). The fourth-order valence-corrected chi connectivity index (χ4v) is 2.83. The van der Waals surface area contributed by atoms with Crippen LogP contribution in [0.2, 0.25) is 0 Å². The fourth-order valence-electron chi connectivity index (χ4n) is 1.75.